The molecule has 0 aliphatic heterocycles. The second kappa shape index (κ2) is 4.72. The van der Waals surface area contributed by atoms with Gasteiger partial charge in [-0.15, -0.1) is 0 Å². The molecule has 2 aromatic rings. The summed E-state index contributed by atoms with van der Waals surface area (Å²) in [7, 11) is 0. The Labute approximate surface area is 109 Å². The van der Waals surface area contributed by atoms with Gasteiger partial charge in [0.2, 0.25) is 0 Å². The van der Waals surface area contributed by atoms with Crippen LogP contribution in [0, 0.1) is 16.0 Å². The summed E-state index contributed by atoms with van der Waals surface area (Å²) in [5.74, 6) is -0.747. The Morgan fingerprint density at radius 2 is 2.11 bits per heavy atom. The van der Waals surface area contributed by atoms with Crippen LogP contribution in [0.15, 0.2) is 24.3 Å². The molecule has 0 saturated carbocycles. The van der Waals surface area contributed by atoms with Crippen molar-refractivity contribution in [3.63, 3.8) is 0 Å². The number of fused-ring (bicyclic) bond motifs is 1. The fourth-order valence-electron chi connectivity index (χ4n) is 2.11. The molecule has 1 aromatic carbocycles. The summed E-state index contributed by atoms with van der Waals surface area (Å²) in [5.41, 5.74) is 0.826. The summed E-state index contributed by atoms with van der Waals surface area (Å²) in [4.78, 5) is 21.5. The van der Waals surface area contributed by atoms with Gasteiger partial charge in [0.1, 0.15) is 5.69 Å². The highest BCUT2D eigenvalue weighted by Gasteiger charge is 2.17. The number of nitrogens with zero attached hydrogens (tertiary/aromatic N) is 2. The Morgan fingerprint density at radius 3 is 2.63 bits per heavy atom. The van der Waals surface area contributed by atoms with Crippen molar-refractivity contribution in [2.24, 2.45) is 5.92 Å². The van der Waals surface area contributed by atoms with Gasteiger partial charge in [-0.25, -0.2) is 4.79 Å². The first-order valence-corrected chi connectivity index (χ1v) is 5.91. The second-order valence-electron chi connectivity index (χ2n) is 4.84. The van der Waals surface area contributed by atoms with Crippen molar-refractivity contribution in [2.75, 3.05) is 0 Å². The Balaban J connectivity index is 2.66. The molecule has 0 atom stereocenters. The molecule has 2 rings (SSSR count). The maximum Gasteiger partial charge on any atom is 0.352 e. The Bertz CT molecular complexity index is 658. The molecule has 0 saturated heterocycles. The third-order valence-corrected chi connectivity index (χ3v) is 2.86. The number of aromatic nitrogens is 1. The second-order valence-corrected chi connectivity index (χ2v) is 4.84. The lowest BCUT2D eigenvalue weighted by Crippen LogP contribution is -2.11. The zero-order valence-corrected chi connectivity index (χ0v) is 10.7. The number of benzene rings is 1. The molecule has 6 heteroatoms. The van der Waals surface area contributed by atoms with E-state index in [1.54, 1.807) is 10.6 Å². The molecule has 0 amide bonds. The molecule has 100 valence electrons. The summed E-state index contributed by atoms with van der Waals surface area (Å²) in [6.07, 6.45) is 0. The topological polar surface area (TPSA) is 85.4 Å². The minimum absolute atomic E-state index is 0.0360. The Kier molecular flexibility index (Phi) is 3.25. The highest BCUT2D eigenvalue weighted by atomic mass is 16.6. The quantitative estimate of drug-likeness (QED) is 0.678. The van der Waals surface area contributed by atoms with E-state index in [0.29, 0.717) is 17.4 Å². The third kappa shape index (κ3) is 2.42. The molecule has 19 heavy (non-hydrogen) atoms. The number of carbonyl (C=O) groups is 1. The number of nitro benzene ring substituents is 1. The molecule has 0 fully saturated rings. The number of rotatable bonds is 4. The highest BCUT2D eigenvalue weighted by molar-refractivity contribution is 5.95. The number of aromatic carboxylic acids is 1. The standard InChI is InChI=1S/C13H14N2O4/c1-8(2)7-14-11-4-3-10(15(18)19)5-9(11)6-12(14)13(16)17/h3-6,8H,7H2,1-2H3,(H,16,17). The van der Waals surface area contributed by atoms with Crippen LogP contribution in [0.1, 0.15) is 24.3 Å². The van der Waals surface area contributed by atoms with Crippen LogP contribution in [0.3, 0.4) is 0 Å². The first-order chi connectivity index (χ1) is 8.90. The van der Waals surface area contributed by atoms with E-state index in [4.69, 9.17) is 0 Å². The van der Waals surface area contributed by atoms with Gasteiger partial charge in [-0.1, -0.05) is 13.8 Å². The molecular formula is C13H14N2O4. The number of carboxylic acid groups (broad SMARTS) is 1. The molecule has 1 N–H and O–H groups in total. The van der Waals surface area contributed by atoms with Gasteiger partial charge in [0.05, 0.1) is 4.92 Å². The molecular weight excluding hydrogens is 248 g/mol. The number of hydrogen-bond acceptors (Lipinski definition) is 3. The predicted molar refractivity (Wildman–Crippen MR) is 70.4 cm³/mol. The molecule has 0 unspecified atom stereocenters. The number of nitro groups is 1. The molecule has 0 bridgehead atoms. The van der Waals surface area contributed by atoms with E-state index in [-0.39, 0.29) is 17.3 Å². The van der Waals surface area contributed by atoms with Gasteiger partial charge in [0, 0.05) is 29.6 Å². The van der Waals surface area contributed by atoms with Gasteiger partial charge in [0.25, 0.3) is 5.69 Å². The van der Waals surface area contributed by atoms with Crippen LogP contribution < -0.4 is 0 Å². The van der Waals surface area contributed by atoms with Gasteiger partial charge in [0.15, 0.2) is 0 Å². The summed E-state index contributed by atoms with van der Waals surface area (Å²) >= 11 is 0. The highest BCUT2D eigenvalue weighted by Crippen LogP contribution is 2.25. The summed E-state index contributed by atoms with van der Waals surface area (Å²) in [6, 6.07) is 5.87. The summed E-state index contributed by atoms with van der Waals surface area (Å²) < 4.78 is 1.69. The third-order valence-electron chi connectivity index (χ3n) is 2.86. The average Bonchev–Trinajstić information content (AvgIpc) is 2.66. The van der Waals surface area contributed by atoms with E-state index in [2.05, 4.69) is 0 Å². The monoisotopic (exact) mass is 262 g/mol. The maximum absolute atomic E-state index is 11.2. The van der Waals surface area contributed by atoms with Gasteiger partial charge in [-0.05, 0) is 18.1 Å². The molecule has 0 spiro atoms. The van der Waals surface area contributed by atoms with Crippen molar-refractivity contribution in [1.82, 2.24) is 4.57 Å². The van der Waals surface area contributed by atoms with Crippen molar-refractivity contribution >= 4 is 22.6 Å². The van der Waals surface area contributed by atoms with Crippen molar-refractivity contribution in [3.8, 4) is 0 Å². The lowest BCUT2D eigenvalue weighted by molar-refractivity contribution is -0.384. The average molecular weight is 262 g/mol. The molecule has 1 heterocycles. The zero-order chi connectivity index (χ0) is 14.2. The van der Waals surface area contributed by atoms with E-state index >= 15 is 0 Å². The largest absolute Gasteiger partial charge is 0.477 e. The summed E-state index contributed by atoms with van der Waals surface area (Å²) in [5, 5.41) is 20.5. The van der Waals surface area contributed by atoms with Crippen LogP contribution in [0.5, 0.6) is 0 Å². The zero-order valence-electron chi connectivity index (χ0n) is 10.7. The Hall–Kier alpha value is -2.37. The van der Waals surface area contributed by atoms with Crippen molar-refractivity contribution < 1.29 is 14.8 Å². The van der Waals surface area contributed by atoms with Gasteiger partial charge in [-0.2, -0.15) is 0 Å². The molecule has 1 aromatic heterocycles. The van der Waals surface area contributed by atoms with Gasteiger partial charge >= 0.3 is 5.97 Å². The van der Waals surface area contributed by atoms with Crippen LogP contribution >= 0.6 is 0 Å². The van der Waals surface area contributed by atoms with E-state index in [0.717, 1.165) is 0 Å². The van der Waals surface area contributed by atoms with Crippen LogP contribution in [0.25, 0.3) is 10.9 Å². The first kappa shape index (κ1) is 13.1. The van der Waals surface area contributed by atoms with E-state index in [1.807, 2.05) is 13.8 Å². The first-order valence-electron chi connectivity index (χ1n) is 5.91. The number of carboxylic acids is 1. The van der Waals surface area contributed by atoms with E-state index < -0.39 is 10.9 Å². The smallest absolute Gasteiger partial charge is 0.352 e. The van der Waals surface area contributed by atoms with Crippen molar-refractivity contribution in [2.45, 2.75) is 20.4 Å². The lowest BCUT2D eigenvalue weighted by atomic mass is 10.2. The molecule has 0 radical (unpaired) electrons. The predicted octanol–water partition coefficient (Wildman–Crippen LogP) is 2.90. The summed E-state index contributed by atoms with van der Waals surface area (Å²) in [6.45, 7) is 4.54. The van der Waals surface area contributed by atoms with E-state index in [1.165, 1.54) is 18.2 Å². The lowest BCUT2D eigenvalue weighted by Gasteiger charge is -2.10. The number of hydrogen-bond donors (Lipinski definition) is 1. The van der Waals surface area contributed by atoms with E-state index in [9.17, 15) is 20.0 Å². The van der Waals surface area contributed by atoms with Crippen molar-refractivity contribution in [3.05, 3.63) is 40.1 Å². The SMILES string of the molecule is CC(C)Cn1c(C(=O)O)cc2cc([N+](=O)[O-])ccc21. The normalized spacial score (nSPS) is 11.1. The van der Waals surface area contributed by atoms with Crippen LogP contribution in [-0.2, 0) is 6.54 Å². The minimum atomic E-state index is -1.03. The van der Waals surface area contributed by atoms with Crippen LogP contribution in [0.2, 0.25) is 0 Å². The fraction of sp³-hybridized carbons (Fsp3) is 0.308. The number of non-ortho nitro benzene ring substituents is 1. The minimum Gasteiger partial charge on any atom is -0.477 e. The van der Waals surface area contributed by atoms with Crippen LogP contribution in [-0.4, -0.2) is 20.6 Å². The Morgan fingerprint density at radius 1 is 1.42 bits per heavy atom. The molecule has 0 aliphatic rings. The van der Waals surface area contributed by atoms with Crippen LogP contribution in [0.4, 0.5) is 5.69 Å². The van der Waals surface area contributed by atoms with Gasteiger partial charge < -0.3 is 9.67 Å². The van der Waals surface area contributed by atoms with Crippen molar-refractivity contribution in [1.29, 1.82) is 0 Å². The maximum atomic E-state index is 11.2. The van der Waals surface area contributed by atoms with Gasteiger partial charge in [-0.3, -0.25) is 10.1 Å². The fourth-order valence-corrected chi connectivity index (χ4v) is 2.11. The molecule has 6 nitrogen and oxygen atoms in total. The molecule has 0 aliphatic carbocycles.